The summed E-state index contributed by atoms with van der Waals surface area (Å²) in [6, 6.07) is 0.570. The van der Waals surface area contributed by atoms with Crippen molar-refractivity contribution in [1.82, 2.24) is 19.6 Å². The van der Waals surface area contributed by atoms with Gasteiger partial charge in [-0.2, -0.15) is 4.37 Å². The highest BCUT2D eigenvalue weighted by Crippen LogP contribution is 2.44. The first-order chi connectivity index (χ1) is 11.0. The lowest BCUT2D eigenvalue weighted by atomic mass is 10.2. The number of aromatic nitrogens is 2. The van der Waals surface area contributed by atoms with Crippen LogP contribution in [0.25, 0.3) is 0 Å². The first kappa shape index (κ1) is 16.5. The van der Waals surface area contributed by atoms with E-state index in [4.69, 9.17) is 4.99 Å². The molecule has 1 aliphatic carbocycles. The van der Waals surface area contributed by atoms with Gasteiger partial charge in [-0.15, -0.1) is 0 Å². The van der Waals surface area contributed by atoms with Crippen LogP contribution in [0.2, 0.25) is 0 Å². The maximum absolute atomic E-state index is 4.70. The third-order valence-electron chi connectivity index (χ3n) is 4.75. The zero-order valence-corrected chi connectivity index (χ0v) is 15.5. The molecule has 7 heteroatoms. The second-order valence-corrected chi connectivity index (χ2v) is 7.74. The molecule has 1 saturated carbocycles. The molecule has 0 amide bonds. The molecular formula is C16H28N6S. The number of guanidine groups is 1. The molecule has 0 spiro atoms. The highest BCUT2D eigenvalue weighted by Gasteiger charge is 2.46. The summed E-state index contributed by atoms with van der Waals surface area (Å²) in [6.07, 6.45) is 2.14. The predicted octanol–water partition coefficient (Wildman–Crippen LogP) is 1.99. The van der Waals surface area contributed by atoms with Crippen LogP contribution < -0.4 is 10.2 Å². The van der Waals surface area contributed by atoms with Crippen molar-refractivity contribution in [2.45, 2.75) is 46.6 Å². The summed E-state index contributed by atoms with van der Waals surface area (Å²) in [7, 11) is 0. The summed E-state index contributed by atoms with van der Waals surface area (Å²) >= 11 is 1.52. The molecule has 1 aromatic rings. The molecule has 2 heterocycles. The fourth-order valence-electron chi connectivity index (χ4n) is 2.88. The van der Waals surface area contributed by atoms with Crippen molar-refractivity contribution in [2.24, 2.45) is 10.4 Å². The van der Waals surface area contributed by atoms with Gasteiger partial charge in [0.25, 0.3) is 0 Å². The second kappa shape index (κ2) is 6.63. The molecule has 1 atom stereocenters. The van der Waals surface area contributed by atoms with Gasteiger partial charge in [-0.25, -0.2) is 4.98 Å². The molecule has 0 radical (unpaired) electrons. The molecular weight excluding hydrogens is 308 g/mol. The number of hydrogen-bond donors (Lipinski definition) is 1. The van der Waals surface area contributed by atoms with Crippen molar-refractivity contribution < 1.29 is 0 Å². The summed E-state index contributed by atoms with van der Waals surface area (Å²) < 4.78 is 4.40. The molecule has 6 nitrogen and oxygen atoms in total. The third kappa shape index (κ3) is 3.76. The monoisotopic (exact) mass is 336 g/mol. The van der Waals surface area contributed by atoms with E-state index in [9.17, 15) is 0 Å². The summed E-state index contributed by atoms with van der Waals surface area (Å²) in [5, 5.41) is 4.71. The number of nitrogens with one attached hydrogen (secondary N) is 1. The largest absolute Gasteiger partial charge is 0.353 e. The molecule has 3 rings (SSSR count). The van der Waals surface area contributed by atoms with Gasteiger partial charge in [0.1, 0.15) is 5.82 Å². The maximum Gasteiger partial charge on any atom is 0.205 e. The molecule has 1 aromatic heterocycles. The van der Waals surface area contributed by atoms with Crippen LogP contribution in [0.3, 0.4) is 0 Å². The Kier molecular flexibility index (Phi) is 4.75. The van der Waals surface area contributed by atoms with E-state index in [0.717, 1.165) is 56.1 Å². The number of hydrogen-bond acceptors (Lipinski definition) is 5. The Morgan fingerprint density at radius 2 is 2.00 bits per heavy atom. The van der Waals surface area contributed by atoms with Crippen LogP contribution in [0, 0.1) is 5.41 Å². The van der Waals surface area contributed by atoms with Crippen LogP contribution in [-0.2, 0) is 6.42 Å². The minimum atomic E-state index is 0.416. The Balaban J connectivity index is 1.57. The lowest BCUT2D eigenvalue weighted by Crippen LogP contribution is -2.53. The molecule has 1 unspecified atom stereocenters. The van der Waals surface area contributed by atoms with Crippen LogP contribution in [0.1, 0.15) is 39.9 Å². The van der Waals surface area contributed by atoms with E-state index in [1.54, 1.807) is 0 Å². The molecule has 2 aliphatic rings. The third-order valence-corrected chi connectivity index (χ3v) is 5.56. The lowest BCUT2D eigenvalue weighted by molar-refractivity contribution is 0.369. The number of aliphatic imine (C=N–C) groups is 1. The van der Waals surface area contributed by atoms with Crippen molar-refractivity contribution >= 4 is 22.6 Å². The molecule has 23 heavy (non-hydrogen) atoms. The predicted molar refractivity (Wildman–Crippen MR) is 96.4 cm³/mol. The van der Waals surface area contributed by atoms with Crippen molar-refractivity contribution in [1.29, 1.82) is 0 Å². The average molecular weight is 337 g/mol. The topological polar surface area (TPSA) is 56.7 Å². The van der Waals surface area contributed by atoms with Crippen LogP contribution in [0.4, 0.5) is 5.13 Å². The molecule has 0 bridgehead atoms. The average Bonchev–Trinajstić information content (AvgIpc) is 2.96. The van der Waals surface area contributed by atoms with Gasteiger partial charge in [-0.3, -0.25) is 4.99 Å². The quantitative estimate of drug-likeness (QED) is 0.673. The van der Waals surface area contributed by atoms with Gasteiger partial charge in [-0.05, 0) is 18.8 Å². The van der Waals surface area contributed by atoms with Gasteiger partial charge in [0.15, 0.2) is 5.96 Å². The van der Waals surface area contributed by atoms with Gasteiger partial charge in [0, 0.05) is 56.7 Å². The maximum atomic E-state index is 4.70. The standard InChI is InChI=1S/C16H28N6S/c1-5-13-19-15(23-20-13)22-9-7-21(8-10-22)14(17-6-2)18-12-11-16(12,3)4/h12H,5-11H2,1-4H3,(H,17,18). The van der Waals surface area contributed by atoms with Crippen molar-refractivity contribution in [3.8, 4) is 0 Å². The molecule has 128 valence electrons. The zero-order chi connectivity index (χ0) is 16.4. The van der Waals surface area contributed by atoms with E-state index < -0.39 is 0 Å². The van der Waals surface area contributed by atoms with Crippen LogP contribution in [0.15, 0.2) is 4.99 Å². The summed E-state index contributed by atoms with van der Waals surface area (Å²) in [4.78, 5) is 14.0. The van der Waals surface area contributed by atoms with Gasteiger partial charge < -0.3 is 15.1 Å². The van der Waals surface area contributed by atoms with E-state index in [0.29, 0.717) is 11.5 Å². The van der Waals surface area contributed by atoms with E-state index in [-0.39, 0.29) is 0 Å². The lowest BCUT2D eigenvalue weighted by Gasteiger charge is -2.36. The minimum absolute atomic E-state index is 0.416. The van der Waals surface area contributed by atoms with Crippen molar-refractivity contribution in [3.05, 3.63) is 5.82 Å². The Morgan fingerprint density at radius 1 is 1.30 bits per heavy atom. The van der Waals surface area contributed by atoms with Crippen molar-refractivity contribution in [3.63, 3.8) is 0 Å². The Hall–Kier alpha value is -1.37. The SMILES string of the molecule is CCN=C(NC1CC1(C)C)N1CCN(c2nc(CC)ns2)CC1. The summed E-state index contributed by atoms with van der Waals surface area (Å²) in [5.41, 5.74) is 0.416. The second-order valence-electron chi connectivity index (χ2n) is 7.01. The molecule has 1 N–H and O–H groups in total. The van der Waals surface area contributed by atoms with Crippen molar-refractivity contribution in [2.75, 3.05) is 37.6 Å². The van der Waals surface area contributed by atoms with E-state index in [1.165, 1.54) is 18.0 Å². The highest BCUT2D eigenvalue weighted by atomic mass is 32.1. The van der Waals surface area contributed by atoms with E-state index >= 15 is 0 Å². The highest BCUT2D eigenvalue weighted by molar-refractivity contribution is 7.09. The number of nitrogens with zero attached hydrogens (tertiary/aromatic N) is 5. The zero-order valence-electron chi connectivity index (χ0n) is 14.7. The Morgan fingerprint density at radius 3 is 2.52 bits per heavy atom. The fraction of sp³-hybridized carbons (Fsp3) is 0.812. The number of aryl methyl sites for hydroxylation is 1. The summed E-state index contributed by atoms with van der Waals surface area (Å²) in [6.45, 7) is 13.6. The number of rotatable bonds is 4. The van der Waals surface area contributed by atoms with Gasteiger partial charge >= 0.3 is 0 Å². The molecule has 1 saturated heterocycles. The smallest absolute Gasteiger partial charge is 0.205 e. The summed E-state index contributed by atoms with van der Waals surface area (Å²) in [5.74, 6) is 2.03. The number of piperazine rings is 1. The van der Waals surface area contributed by atoms with Gasteiger partial charge in [-0.1, -0.05) is 20.8 Å². The first-order valence-electron chi connectivity index (χ1n) is 8.67. The van der Waals surface area contributed by atoms with E-state index in [1.807, 2.05) is 0 Å². The van der Waals surface area contributed by atoms with Crippen LogP contribution in [0.5, 0.6) is 0 Å². The van der Waals surface area contributed by atoms with E-state index in [2.05, 4.69) is 52.2 Å². The minimum Gasteiger partial charge on any atom is -0.353 e. The number of anilines is 1. The van der Waals surface area contributed by atoms with Crippen LogP contribution >= 0.6 is 11.5 Å². The Bertz CT molecular complexity index is 559. The normalized spacial score (nSPS) is 24.0. The van der Waals surface area contributed by atoms with Gasteiger partial charge in [0.2, 0.25) is 5.13 Å². The molecule has 1 aliphatic heterocycles. The van der Waals surface area contributed by atoms with Gasteiger partial charge in [0.05, 0.1) is 0 Å². The first-order valence-corrected chi connectivity index (χ1v) is 9.44. The van der Waals surface area contributed by atoms with Crippen LogP contribution in [-0.4, -0.2) is 59.0 Å². The fourth-order valence-corrected chi connectivity index (χ4v) is 3.68. The Labute approximate surface area is 143 Å². The molecule has 2 fully saturated rings. The molecule has 0 aromatic carbocycles.